The first kappa shape index (κ1) is 20.2. The first-order valence-electron chi connectivity index (χ1n) is 9.79. The standard InChI is InChI=1S/C22H24N4O3S/c1-15-6-7-17(18(11-15)28-3)29-21-12-20(23-14-24-21)25-8-9-26(16(2)13-25)22(27)19-5-4-10-30-19/h4-7,10-12,14,16H,8-9,13H2,1-3H3/t16-/m0/s1. The quantitative estimate of drug-likeness (QED) is 0.617. The molecule has 1 fully saturated rings. The Bertz CT molecular complexity index is 1020. The molecule has 8 heteroatoms. The van der Waals surface area contributed by atoms with Gasteiger partial charge in [0.2, 0.25) is 5.88 Å². The van der Waals surface area contributed by atoms with Crippen LogP contribution >= 0.6 is 11.3 Å². The zero-order chi connectivity index (χ0) is 21.1. The molecule has 7 nitrogen and oxygen atoms in total. The van der Waals surface area contributed by atoms with E-state index in [1.807, 2.05) is 53.6 Å². The maximum atomic E-state index is 12.7. The number of thiophene rings is 1. The Hall–Kier alpha value is -3.13. The number of methoxy groups -OCH3 is 1. The fourth-order valence-electron chi connectivity index (χ4n) is 3.54. The molecule has 1 atom stereocenters. The van der Waals surface area contributed by atoms with Crippen LogP contribution in [-0.2, 0) is 0 Å². The monoisotopic (exact) mass is 424 g/mol. The van der Waals surface area contributed by atoms with Gasteiger partial charge in [-0.25, -0.2) is 9.97 Å². The first-order chi connectivity index (χ1) is 14.5. The number of benzene rings is 1. The van der Waals surface area contributed by atoms with E-state index < -0.39 is 0 Å². The molecule has 2 aromatic heterocycles. The van der Waals surface area contributed by atoms with Gasteiger partial charge in [0.1, 0.15) is 12.1 Å². The lowest BCUT2D eigenvalue weighted by Crippen LogP contribution is -2.54. The van der Waals surface area contributed by atoms with E-state index in [0.29, 0.717) is 37.0 Å². The maximum Gasteiger partial charge on any atom is 0.264 e. The van der Waals surface area contributed by atoms with E-state index in [1.54, 1.807) is 7.11 Å². The SMILES string of the molecule is COc1cc(C)ccc1Oc1cc(N2CCN(C(=O)c3cccs3)[C@@H](C)C2)ncn1. The van der Waals surface area contributed by atoms with Gasteiger partial charge in [-0.1, -0.05) is 12.1 Å². The molecule has 0 radical (unpaired) electrons. The van der Waals surface area contributed by atoms with Crippen LogP contribution in [0.2, 0.25) is 0 Å². The lowest BCUT2D eigenvalue weighted by Gasteiger charge is -2.40. The smallest absolute Gasteiger partial charge is 0.264 e. The lowest BCUT2D eigenvalue weighted by atomic mass is 10.2. The van der Waals surface area contributed by atoms with Crippen molar-refractivity contribution in [1.82, 2.24) is 14.9 Å². The van der Waals surface area contributed by atoms with E-state index in [-0.39, 0.29) is 11.9 Å². The van der Waals surface area contributed by atoms with E-state index in [4.69, 9.17) is 9.47 Å². The molecule has 0 bridgehead atoms. The summed E-state index contributed by atoms with van der Waals surface area (Å²) < 4.78 is 11.4. The highest BCUT2D eigenvalue weighted by molar-refractivity contribution is 7.12. The van der Waals surface area contributed by atoms with Crippen molar-refractivity contribution < 1.29 is 14.3 Å². The van der Waals surface area contributed by atoms with Crippen LogP contribution in [0, 0.1) is 6.92 Å². The minimum Gasteiger partial charge on any atom is -0.493 e. The van der Waals surface area contributed by atoms with Crippen molar-refractivity contribution in [3.63, 3.8) is 0 Å². The van der Waals surface area contributed by atoms with Crippen LogP contribution in [0.3, 0.4) is 0 Å². The number of carbonyl (C=O) groups is 1. The Morgan fingerprint density at radius 2 is 2.03 bits per heavy atom. The Morgan fingerprint density at radius 3 is 2.77 bits per heavy atom. The molecule has 1 aromatic carbocycles. The molecule has 0 aliphatic carbocycles. The summed E-state index contributed by atoms with van der Waals surface area (Å²) in [6.07, 6.45) is 1.50. The van der Waals surface area contributed by atoms with Crippen molar-refractivity contribution >= 4 is 23.1 Å². The van der Waals surface area contributed by atoms with Crippen molar-refractivity contribution in [2.45, 2.75) is 19.9 Å². The van der Waals surface area contributed by atoms with E-state index in [1.165, 1.54) is 17.7 Å². The predicted molar refractivity (Wildman–Crippen MR) is 117 cm³/mol. The van der Waals surface area contributed by atoms with E-state index >= 15 is 0 Å². The number of hydrogen-bond acceptors (Lipinski definition) is 7. The number of aryl methyl sites for hydroxylation is 1. The topological polar surface area (TPSA) is 67.8 Å². The van der Waals surface area contributed by atoms with Gasteiger partial charge in [0.05, 0.1) is 12.0 Å². The van der Waals surface area contributed by atoms with Crippen LogP contribution < -0.4 is 14.4 Å². The van der Waals surface area contributed by atoms with Crippen molar-refractivity contribution in [2.24, 2.45) is 0 Å². The third-order valence-electron chi connectivity index (χ3n) is 5.11. The largest absolute Gasteiger partial charge is 0.493 e. The molecule has 0 N–H and O–H groups in total. The van der Waals surface area contributed by atoms with Gasteiger partial charge in [-0.05, 0) is 43.0 Å². The first-order valence-corrected chi connectivity index (χ1v) is 10.7. The summed E-state index contributed by atoms with van der Waals surface area (Å²) in [5.74, 6) is 2.58. The van der Waals surface area contributed by atoms with Gasteiger partial charge in [0.25, 0.3) is 5.91 Å². The van der Waals surface area contributed by atoms with Gasteiger partial charge >= 0.3 is 0 Å². The van der Waals surface area contributed by atoms with Crippen LogP contribution in [0.4, 0.5) is 5.82 Å². The Labute approximate surface area is 179 Å². The van der Waals surface area contributed by atoms with Gasteiger partial charge in [0, 0.05) is 31.7 Å². The molecule has 4 rings (SSSR count). The number of anilines is 1. The average Bonchev–Trinajstić information content (AvgIpc) is 3.29. The number of ether oxygens (including phenoxy) is 2. The highest BCUT2D eigenvalue weighted by Gasteiger charge is 2.29. The Morgan fingerprint density at radius 1 is 1.17 bits per heavy atom. The summed E-state index contributed by atoms with van der Waals surface area (Å²) in [5, 5.41) is 1.93. The summed E-state index contributed by atoms with van der Waals surface area (Å²) in [6.45, 7) is 6.10. The number of nitrogens with zero attached hydrogens (tertiary/aromatic N) is 4. The normalized spacial score (nSPS) is 16.4. The van der Waals surface area contributed by atoms with Crippen LogP contribution in [-0.4, -0.2) is 53.6 Å². The summed E-state index contributed by atoms with van der Waals surface area (Å²) in [6, 6.07) is 11.4. The molecule has 1 amide bonds. The zero-order valence-corrected chi connectivity index (χ0v) is 18.1. The molecular weight excluding hydrogens is 400 g/mol. The number of hydrogen-bond donors (Lipinski definition) is 0. The van der Waals surface area contributed by atoms with Crippen molar-refractivity contribution in [3.05, 3.63) is 58.5 Å². The fraction of sp³-hybridized carbons (Fsp3) is 0.318. The van der Waals surface area contributed by atoms with Crippen molar-refractivity contribution in [3.8, 4) is 17.4 Å². The summed E-state index contributed by atoms with van der Waals surface area (Å²) in [7, 11) is 1.62. The molecule has 1 saturated heterocycles. The summed E-state index contributed by atoms with van der Waals surface area (Å²) in [4.78, 5) is 26.2. The second kappa shape index (κ2) is 8.71. The number of rotatable bonds is 5. The zero-order valence-electron chi connectivity index (χ0n) is 17.2. The number of amides is 1. The van der Waals surface area contributed by atoms with Gasteiger partial charge < -0.3 is 19.3 Å². The molecule has 0 saturated carbocycles. The number of piperazine rings is 1. The van der Waals surface area contributed by atoms with Gasteiger partial charge in [-0.15, -0.1) is 11.3 Å². The predicted octanol–water partition coefficient (Wildman–Crippen LogP) is 4.00. The molecule has 0 spiro atoms. The highest BCUT2D eigenvalue weighted by atomic mass is 32.1. The Kier molecular flexibility index (Phi) is 5.85. The van der Waals surface area contributed by atoms with E-state index in [0.717, 1.165) is 16.3 Å². The molecule has 3 aromatic rings. The van der Waals surface area contributed by atoms with Gasteiger partial charge in [-0.3, -0.25) is 4.79 Å². The van der Waals surface area contributed by atoms with Crippen molar-refractivity contribution in [1.29, 1.82) is 0 Å². The fourth-order valence-corrected chi connectivity index (χ4v) is 4.22. The minimum atomic E-state index is 0.0740. The van der Waals surface area contributed by atoms with E-state index in [9.17, 15) is 4.79 Å². The summed E-state index contributed by atoms with van der Waals surface area (Å²) in [5.41, 5.74) is 1.09. The molecule has 156 valence electrons. The third-order valence-corrected chi connectivity index (χ3v) is 5.96. The molecule has 30 heavy (non-hydrogen) atoms. The highest BCUT2D eigenvalue weighted by Crippen LogP contribution is 2.32. The average molecular weight is 425 g/mol. The third kappa shape index (κ3) is 4.23. The molecule has 0 unspecified atom stereocenters. The number of aromatic nitrogens is 2. The van der Waals surface area contributed by atoms with Gasteiger partial charge in [0.15, 0.2) is 11.5 Å². The second-order valence-corrected chi connectivity index (χ2v) is 8.19. The molecule has 1 aliphatic rings. The Balaban J connectivity index is 1.46. The van der Waals surface area contributed by atoms with Crippen LogP contribution in [0.25, 0.3) is 0 Å². The van der Waals surface area contributed by atoms with Crippen LogP contribution in [0.15, 0.2) is 48.1 Å². The van der Waals surface area contributed by atoms with Gasteiger partial charge in [-0.2, -0.15) is 0 Å². The number of carbonyl (C=O) groups excluding carboxylic acids is 1. The van der Waals surface area contributed by atoms with Crippen LogP contribution in [0.1, 0.15) is 22.2 Å². The maximum absolute atomic E-state index is 12.7. The lowest BCUT2D eigenvalue weighted by molar-refractivity contribution is 0.0678. The second-order valence-electron chi connectivity index (χ2n) is 7.24. The summed E-state index contributed by atoms with van der Waals surface area (Å²) >= 11 is 1.48. The van der Waals surface area contributed by atoms with Crippen LogP contribution in [0.5, 0.6) is 17.4 Å². The molecule has 3 heterocycles. The molecule has 1 aliphatic heterocycles. The minimum absolute atomic E-state index is 0.0740. The van der Waals surface area contributed by atoms with Crippen molar-refractivity contribution in [2.75, 3.05) is 31.6 Å². The molecular formula is C22H24N4O3S. The van der Waals surface area contributed by atoms with E-state index in [2.05, 4.69) is 21.8 Å².